The van der Waals surface area contributed by atoms with Crippen LogP contribution in [0.15, 0.2) is 36.5 Å². The number of rotatable bonds is 5. The molecule has 1 aliphatic heterocycles. The van der Waals surface area contributed by atoms with Crippen molar-refractivity contribution in [3.05, 3.63) is 47.8 Å². The monoisotopic (exact) mass is 299 g/mol. The third-order valence-electron chi connectivity index (χ3n) is 3.96. The Balaban J connectivity index is 1.76. The highest BCUT2D eigenvalue weighted by Crippen LogP contribution is 2.16. The maximum Gasteiger partial charge on any atom is 0.254 e. The van der Waals surface area contributed by atoms with Gasteiger partial charge in [0.1, 0.15) is 0 Å². The number of hydrogen-bond acceptors (Lipinski definition) is 3. The summed E-state index contributed by atoms with van der Waals surface area (Å²) in [5.41, 5.74) is 2.54. The average molecular weight is 299 g/mol. The quantitative estimate of drug-likeness (QED) is 0.922. The van der Waals surface area contributed by atoms with E-state index in [9.17, 15) is 4.79 Å². The zero-order valence-corrected chi connectivity index (χ0v) is 12.8. The molecule has 0 saturated carbocycles. The molecule has 1 atom stereocenters. The highest BCUT2D eigenvalue weighted by molar-refractivity contribution is 5.95. The number of amides is 1. The maximum atomic E-state index is 12.4. The van der Waals surface area contributed by atoms with E-state index in [1.807, 2.05) is 41.9 Å². The molecule has 22 heavy (non-hydrogen) atoms. The summed E-state index contributed by atoms with van der Waals surface area (Å²) in [6.45, 7) is 3.40. The number of carbonyl (C=O) groups excluding carboxylic acids is 1. The highest BCUT2D eigenvalue weighted by atomic mass is 16.5. The molecule has 116 valence electrons. The van der Waals surface area contributed by atoms with Gasteiger partial charge in [-0.25, -0.2) is 4.68 Å². The second-order valence-corrected chi connectivity index (χ2v) is 5.45. The molecule has 0 radical (unpaired) electrons. The fourth-order valence-corrected chi connectivity index (χ4v) is 2.80. The summed E-state index contributed by atoms with van der Waals surface area (Å²) < 4.78 is 7.37. The molecule has 1 N–H and O–H groups in total. The van der Waals surface area contributed by atoms with E-state index in [2.05, 4.69) is 10.4 Å². The molecule has 1 aromatic heterocycles. The summed E-state index contributed by atoms with van der Waals surface area (Å²) in [4.78, 5) is 12.4. The number of aromatic nitrogens is 2. The fraction of sp³-hybridized carbons (Fsp3) is 0.412. The van der Waals surface area contributed by atoms with E-state index in [0.717, 1.165) is 37.3 Å². The molecule has 2 heterocycles. The van der Waals surface area contributed by atoms with Gasteiger partial charge in [0.15, 0.2) is 0 Å². The van der Waals surface area contributed by atoms with Crippen molar-refractivity contribution in [1.82, 2.24) is 15.1 Å². The number of ether oxygens (including phenoxy) is 1. The molecule has 1 fully saturated rings. The average Bonchev–Trinajstić information content (AvgIpc) is 3.22. The second-order valence-electron chi connectivity index (χ2n) is 5.45. The topological polar surface area (TPSA) is 56.1 Å². The first-order valence-electron chi connectivity index (χ1n) is 7.81. The number of benzene rings is 1. The van der Waals surface area contributed by atoms with Gasteiger partial charge in [-0.15, -0.1) is 0 Å². The Hall–Kier alpha value is -2.14. The normalized spacial score (nSPS) is 17.6. The van der Waals surface area contributed by atoms with Gasteiger partial charge in [0.2, 0.25) is 0 Å². The van der Waals surface area contributed by atoms with E-state index in [0.29, 0.717) is 12.1 Å². The molecule has 0 aliphatic carbocycles. The van der Waals surface area contributed by atoms with Gasteiger partial charge in [-0.2, -0.15) is 5.10 Å². The SMILES string of the molecule is CCc1c(C(=O)NC[C@@H]2CCCO2)cnn1-c1ccccc1. The molecule has 1 aliphatic rings. The second kappa shape index (κ2) is 6.75. The summed E-state index contributed by atoms with van der Waals surface area (Å²) in [5, 5.41) is 7.35. The van der Waals surface area contributed by atoms with Crippen LogP contribution >= 0.6 is 0 Å². The van der Waals surface area contributed by atoms with Crippen molar-refractivity contribution in [1.29, 1.82) is 0 Å². The molecule has 0 spiro atoms. The van der Waals surface area contributed by atoms with Crippen molar-refractivity contribution in [2.24, 2.45) is 0 Å². The van der Waals surface area contributed by atoms with Gasteiger partial charge in [-0.1, -0.05) is 25.1 Å². The Labute approximate surface area is 130 Å². The van der Waals surface area contributed by atoms with Crippen molar-refractivity contribution < 1.29 is 9.53 Å². The van der Waals surface area contributed by atoms with Crippen molar-refractivity contribution >= 4 is 5.91 Å². The lowest BCUT2D eigenvalue weighted by Crippen LogP contribution is -2.32. The highest BCUT2D eigenvalue weighted by Gasteiger charge is 2.20. The summed E-state index contributed by atoms with van der Waals surface area (Å²) in [6, 6.07) is 9.87. The number of hydrogen-bond donors (Lipinski definition) is 1. The number of carbonyl (C=O) groups is 1. The molecule has 0 unspecified atom stereocenters. The smallest absolute Gasteiger partial charge is 0.254 e. The van der Waals surface area contributed by atoms with E-state index >= 15 is 0 Å². The molecule has 5 nitrogen and oxygen atoms in total. The van der Waals surface area contributed by atoms with Crippen LogP contribution in [-0.2, 0) is 11.2 Å². The van der Waals surface area contributed by atoms with E-state index < -0.39 is 0 Å². The van der Waals surface area contributed by atoms with Crippen molar-refractivity contribution in [2.75, 3.05) is 13.2 Å². The third kappa shape index (κ3) is 3.04. The first kappa shape index (κ1) is 14.8. The summed E-state index contributed by atoms with van der Waals surface area (Å²) in [5.74, 6) is -0.0745. The van der Waals surface area contributed by atoms with Crippen LogP contribution in [0, 0.1) is 0 Å². The molecule has 0 bridgehead atoms. The van der Waals surface area contributed by atoms with E-state index in [1.54, 1.807) is 6.20 Å². The van der Waals surface area contributed by atoms with Crippen LogP contribution in [0.3, 0.4) is 0 Å². The largest absolute Gasteiger partial charge is 0.376 e. The minimum Gasteiger partial charge on any atom is -0.376 e. The molecule has 2 aromatic rings. The number of para-hydroxylation sites is 1. The molecule has 1 saturated heterocycles. The van der Waals surface area contributed by atoms with Crippen LogP contribution in [-0.4, -0.2) is 34.9 Å². The number of nitrogens with zero attached hydrogens (tertiary/aromatic N) is 2. The fourth-order valence-electron chi connectivity index (χ4n) is 2.80. The summed E-state index contributed by atoms with van der Waals surface area (Å²) in [7, 11) is 0. The van der Waals surface area contributed by atoms with Gasteiger partial charge in [-0.05, 0) is 31.4 Å². The van der Waals surface area contributed by atoms with Crippen molar-refractivity contribution in [2.45, 2.75) is 32.3 Å². The van der Waals surface area contributed by atoms with Gasteiger partial charge >= 0.3 is 0 Å². The Bertz CT molecular complexity index is 631. The molecule has 1 amide bonds. The lowest BCUT2D eigenvalue weighted by molar-refractivity contribution is 0.0857. The minimum absolute atomic E-state index is 0.0745. The van der Waals surface area contributed by atoms with Gasteiger partial charge < -0.3 is 10.1 Å². The Morgan fingerprint density at radius 2 is 2.23 bits per heavy atom. The standard InChI is InChI=1S/C17H21N3O2/c1-2-16-15(17(21)18-11-14-9-6-10-22-14)12-19-20(16)13-7-4-3-5-8-13/h3-5,7-8,12,14H,2,6,9-11H2,1H3,(H,18,21)/t14-/m0/s1. The van der Waals surface area contributed by atoms with E-state index in [-0.39, 0.29) is 12.0 Å². The third-order valence-corrected chi connectivity index (χ3v) is 3.96. The zero-order valence-electron chi connectivity index (χ0n) is 12.8. The predicted molar refractivity (Wildman–Crippen MR) is 84.2 cm³/mol. The maximum absolute atomic E-state index is 12.4. The van der Waals surface area contributed by atoms with Gasteiger partial charge in [0.25, 0.3) is 5.91 Å². The Morgan fingerprint density at radius 1 is 1.41 bits per heavy atom. The Morgan fingerprint density at radius 3 is 2.91 bits per heavy atom. The van der Waals surface area contributed by atoms with Crippen LogP contribution in [0.25, 0.3) is 5.69 Å². The van der Waals surface area contributed by atoms with Crippen molar-refractivity contribution in [3.8, 4) is 5.69 Å². The van der Waals surface area contributed by atoms with Crippen molar-refractivity contribution in [3.63, 3.8) is 0 Å². The summed E-state index contributed by atoms with van der Waals surface area (Å²) in [6.07, 6.45) is 4.64. The van der Waals surface area contributed by atoms with Crippen LogP contribution < -0.4 is 5.32 Å². The van der Waals surface area contributed by atoms with Gasteiger partial charge in [-0.3, -0.25) is 4.79 Å². The molecule has 3 rings (SSSR count). The van der Waals surface area contributed by atoms with Crippen LogP contribution in [0.1, 0.15) is 35.8 Å². The van der Waals surface area contributed by atoms with Gasteiger partial charge in [0, 0.05) is 13.2 Å². The molecule has 5 heteroatoms. The lowest BCUT2D eigenvalue weighted by Gasteiger charge is -2.11. The first-order valence-corrected chi connectivity index (χ1v) is 7.81. The number of nitrogens with one attached hydrogen (secondary N) is 1. The van der Waals surface area contributed by atoms with Crippen LogP contribution in [0.5, 0.6) is 0 Å². The van der Waals surface area contributed by atoms with E-state index in [1.165, 1.54) is 0 Å². The Kier molecular flexibility index (Phi) is 4.53. The first-order chi connectivity index (χ1) is 10.8. The summed E-state index contributed by atoms with van der Waals surface area (Å²) >= 11 is 0. The van der Waals surface area contributed by atoms with Crippen LogP contribution in [0.4, 0.5) is 0 Å². The van der Waals surface area contributed by atoms with E-state index in [4.69, 9.17) is 4.74 Å². The lowest BCUT2D eigenvalue weighted by atomic mass is 10.1. The van der Waals surface area contributed by atoms with Gasteiger partial charge in [0.05, 0.1) is 29.2 Å². The molecular formula is C17H21N3O2. The molecule has 1 aromatic carbocycles. The van der Waals surface area contributed by atoms with Crippen LogP contribution in [0.2, 0.25) is 0 Å². The zero-order chi connectivity index (χ0) is 15.4. The predicted octanol–water partition coefficient (Wildman–Crippen LogP) is 2.34. The molecular weight excluding hydrogens is 278 g/mol. The minimum atomic E-state index is -0.0745.